The van der Waals surface area contributed by atoms with Crippen LogP contribution in [-0.2, 0) is 6.42 Å². The van der Waals surface area contributed by atoms with E-state index in [0.717, 1.165) is 13.0 Å². The molecule has 15 heavy (non-hydrogen) atoms. The molecule has 0 saturated carbocycles. The highest BCUT2D eigenvalue weighted by molar-refractivity contribution is 5.14. The molecule has 0 bridgehead atoms. The van der Waals surface area contributed by atoms with Crippen molar-refractivity contribution in [2.24, 2.45) is 5.73 Å². The van der Waals surface area contributed by atoms with Crippen molar-refractivity contribution in [1.29, 1.82) is 0 Å². The zero-order valence-electron chi connectivity index (χ0n) is 8.77. The standard InChI is InChI=1S/C8H11N.C6H5/c9-7-6-8-4-2-1-3-5-8;1-2-4-6-5-3-1/h1-5H,6-7,9H2;1-5H. The summed E-state index contributed by atoms with van der Waals surface area (Å²) in [6.07, 6.45) is 0.987. The van der Waals surface area contributed by atoms with E-state index in [1.54, 1.807) is 0 Å². The molecule has 0 aliphatic rings. The van der Waals surface area contributed by atoms with Crippen molar-refractivity contribution in [3.8, 4) is 0 Å². The van der Waals surface area contributed by atoms with E-state index in [1.807, 2.05) is 48.5 Å². The molecule has 0 aromatic heterocycles. The second kappa shape index (κ2) is 7.77. The summed E-state index contributed by atoms with van der Waals surface area (Å²) in [4.78, 5) is 0. The molecule has 0 amide bonds. The Balaban J connectivity index is 0.000000162. The summed E-state index contributed by atoms with van der Waals surface area (Å²) in [5.74, 6) is 0. The van der Waals surface area contributed by atoms with Gasteiger partial charge in [0.2, 0.25) is 0 Å². The van der Waals surface area contributed by atoms with Crippen LogP contribution in [0.3, 0.4) is 0 Å². The van der Waals surface area contributed by atoms with Crippen LogP contribution in [0.1, 0.15) is 5.56 Å². The molecule has 1 radical (unpaired) electrons. The molecule has 2 N–H and O–H groups in total. The maximum Gasteiger partial charge on any atom is -0.00367 e. The quantitative estimate of drug-likeness (QED) is 0.788. The van der Waals surface area contributed by atoms with Crippen LogP contribution < -0.4 is 5.73 Å². The maximum atomic E-state index is 5.36. The van der Waals surface area contributed by atoms with E-state index in [0.29, 0.717) is 0 Å². The number of rotatable bonds is 2. The fraction of sp³-hybridized carbons (Fsp3) is 0.143. The first-order valence-electron chi connectivity index (χ1n) is 5.08. The Morgan fingerprint density at radius 2 is 1.47 bits per heavy atom. The molecule has 2 rings (SSSR count). The first-order valence-corrected chi connectivity index (χ1v) is 5.08. The fourth-order valence-corrected chi connectivity index (χ4v) is 1.15. The molecule has 0 fully saturated rings. The van der Waals surface area contributed by atoms with Gasteiger partial charge < -0.3 is 5.73 Å². The van der Waals surface area contributed by atoms with Crippen molar-refractivity contribution in [2.75, 3.05) is 6.54 Å². The van der Waals surface area contributed by atoms with Gasteiger partial charge in [0.15, 0.2) is 0 Å². The molecule has 77 valence electrons. The lowest BCUT2D eigenvalue weighted by atomic mass is 10.2. The lowest BCUT2D eigenvalue weighted by Gasteiger charge is -1.93. The van der Waals surface area contributed by atoms with Gasteiger partial charge >= 0.3 is 0 Å². The van der Waals surface area contributed by atoms with Crippen LogP contribution in [-0.4, -0.2) is 6.54 Å². The predicted octanol–water partition coefficient (Wildman–Crippen LogP) is 2.67. The summed E-state index contributed by atoms with van der Waals surface area (Å²) >= 11 is 0. The van der Waals surface area contributed by atoms with Gasteiger partial charge in [0.25, 0.3) is 0 Å². The summed E-state index contributed by atoms with van der Waals surface area (Å²) in [6.45, 7) is 0.740. The molecule has 1 heteroatoms. The highest BCUT2D eigenvalue weighted by atomic mass is 14.5. The average Bonchev–Trinajstić information content (AvgIpc) is 2.34. The molecular weight excluding hydrogens is 182 g/mol. The van der Waals surface area contributed by atoms with Gasteiger partial charge in [-0.1, -0.05) is 60.7 Å². The topological polar surface area (TPSA) is 26.0 Å². The van der Waals surface area contributed by atoms with E-state index in [4.69, 9.17) is 5.73 Å². The van der Waals surface area contributed by atoms with Crippen LogP contribution in [0.25, 0.3) is 0 Å². The lowest BCUT2D eigenvalue weighted by Crippen LogP contribution is -2.01. The molecule has 0 unspecified atom stereocenters. The number of hydrogen-bond acceptors (Lipinski definition) is 1. The molecule has 0 saturated heterocycles. The first kappa shape index (κ1) is 11.5. The molecule has 0 aliphatic carbocycles. The fourth-order valence-electron chi connectivity index (χ4n) is 1.15. The van der Waals surface area contributed by atoms with E-state index < -0.39 is 0 Å². The Bertz CT molecular complexity index is 302. The molecule has 2 aromatic carbocycles. The molecule has 2 aromatic rings. The van der Waals surface area contributed by atoms with Gasteiger partial charge in [-0.25, -0.2) is 0 Å². The van der Waals surface area contributed by atoms with Gasteiger partial charge in [0.05, 0.1) is 0 Å². The summed E-state index contributed by atoms with van der Waals surface area (Å²) in [6, 6.07) is 22.8. The van der Waals surface area contributed by atoms with E-state index in [-0.39, 0.29) is 0 Å². The maximum absolute atomic E-state index is 5.36. The van der Waals surface area contributed by atoms with Crippen molar-refractivity contribution < 1.29 is 0 Å². The molecular formula is C14H16N. The molecule has 1 nitrogen and oxygen atoms in total. The van der Waals surface area contributed by atoms with Gasteiger partial charge in [-0.3, -0.25) is 0 Å². The minimum atomic E-state index is 0.740. The second-order valence-corrected chi connectivity index (χ2v) is 3.10. The third-order valence-corrected chi connectivity index (χ3v) is 1.88. The normalized spacial score (nSPS) is 8.87. The lowest BCUT2D eigenvalue weighted by molar-refractivity contribution is 0.969. The zero-order valence-corrected chi connectivity index (χ0v) is 8.77. The smallest absolute Gasteiger partial charge is 0.00367 e. The van der Waals surface area contributed by atoms with E-state index in [2.05, 4.69) is 18.2 Å². The third kappa shape index (κ3) is 5.66. The van der Waals surface area contributed by atoms with Crippen molar-refractivity contribution in [1.82, 2.24) is 0 Å². The molecule has 0 aliphatic heterocycles. The Morgan fingerprint density at radius 3 is 1.87 bits per heavy atom. The van der Waals surface area contributed by atoms with Gasteiger partial charge in [-0.05, 0) is 24.6 Å². The third-order valence-electron chi connectivity index (χ3n) is 1.88. The average molecular weight is 198 g/mol. The molecule has 0 heterocycles. The van der Waals surface area contributed by atoms with Gasteiger partial charge in [0.1, 0.15) is 0 Å². The predicted molar refractivity (Wildman–Crippen MR) is 64.5 cm³/mol. The van der Waals surface area contributed by atoms with Crippen LogP contribution in [0.4, 0.5) is 0 Å². The highest BCUT2D eigenvalue weighted by Crippen LogP contribution is 1.96. The van der Waals surface area contributed by atoms with Gasteiger partial charge in [0, 0.05) is 0 Å². The Labute approximate surface area is 91.6 Å². The van der Waals surface area contributed by atoms with Crippen LogP contribution in [0, 0.1) is 6.07 Å². The molecule has 0 spiro atoms. The largest absolute Gasteiger partial charge is 0.330 e. The van der Waals surface area contributed by atoms with Crippen molar-refractivity contribution in [3.05, 3.63) is 72.3 Å². The number of benzene rings is 2. The van der Waals surface area contributed by atoms with Crippen LogP contribution in [0.5, 0.6) is 0 Å². The van der Waals surface area contributed by atoms with Crippen molar-refractivity contribution >= 4 is 0 Å². The van der Waals surface area contributed by atoms with Gasteiger partial charge in [-0.15, -0.1) is 0 Å². The Hall–Kier alpha value is -1.60. The Kier molecular flexibility index (Phi) is 5.95. The number of hydrogen-bond donors (Lipinski definition) is 1. The van der Waals surface area contributed by atoms with Crippen molar-refractivity contribution in [2.45, 2.75) is 6.42 Å². The van der Waals surface area contributed by atoms with E-state index in [9.17, 15) is 0 Å². The van der Waals surface area contributed by atoms with Gasteiger partial charge in [-0.2, -0.15) is 0 Å². The summed E-state index contributed by atoms with van der Waals surface area (Å²) in [5, 5.41) is 0. The van der Waals surface area contributed by atoms with Crippen LogP contribution in [0.15, 0.2) is 60.7 Å². The zero-order chi connectivity index (χ0) is 10.8. The van der Waals surface area contributed by atoms with Crippen molar-refractivity contribution in [3.63, 3.8) is 0 Å². The SMILES string of the molecule is NCCc1ccccc1.[c]1ccccc1. The monoisotopic (exact) mass is 198 g/mol. The minimum absolute atomic E-state index is 0.740. The molecule has 0 atom stereocenters. The summed E-state index contributed by atoms with van der Waals surface area (Å²) < 4.78 is 0. The Morgan fingerprint density at radius 1 is 0.867 bits per heavy atom. The summed E-state index contributed by atoms with van der Waals surface area (Å²) in [7, 11) is 0. The second-order valence-electron chi connectivity index (χ2n) is 3.10. The first-order chi connectivity index (χ1) is 7.43. The van der Waals surface area contributed by atoms with E-state index in [1.165, 1.54) is 5.56 Å². The van der Waals surface area contributed by atoms with E-state index >= 15 is 0 Å². The highest BCUT2D eigenvalue weighted by Gasteiger charge is 1.84. The summed E-state index contributed by atoms with van der Waals surface area (Å²) in [5.41, 5.74) is 6.68. The number of nitrogens with two attached hydrogens (primary N) is 1. The van der Waals surface area contributed by atoms with Crippen LogP contribution in [0.2, 0.25) is 0 Å². The minimum Gasteiger partial charge on any atom is -0.330 e. The van der Waals surface area contributed by atoms with Crippen LogP contribution >= 0.6 is 0 Å².